The second-order valence-corrected chi connectivity index (χ2v) is 15.8. The van der Waals surface area contributed by atoms with E-state index in [1.165, 1.54) is 32.5 Å². The van der Waals surface area contributed by atoms with Crippen molar-refractivity contribution in [2.75, 3.05) is 0 Å². The fourth-order valence-corrected chi connectivity index (χ4v) is 13.1. The Labute approximate surface area is 184 Å². The van der Waals surface area contributed by atoms with Gasteiger partial charge in [-0.05, 0) is 0 Å². The van der Waals surface area contributed by atoms with Gasteiger partial charge in [-0.15, -0.1) is 0 Å². The summed E-state index contributed by atoms with van der Waals surface area (Å²) in [4.78, 5) is 2.48. The summed E-state index contributed by atoms with van der Waals surface area (Å²) in [7, 11) is 0. The van der Waals surface area contributed by atoms with Crippen LogP contribution in [-0.4, -0.2) is 24.5 Å². The van der Waals surface area contributed by atoms with Crippen LogP contribution in [0.15, 0.2) is 102 Å². The number of aliphatic hydroxyl groups is 1. The zero-order valence-electron chi connectivity index (χ0n) is 18.1. The molecule has 30 heavy (non-hydrogen) atoms. The molecule has 1 unspecified atom stereocenters. The van der Waals surface area contributed by atoms with Crippen LogP contribution in [0.3, 0.4) is 0 Å². The van der Waals surface area contributed by atoms with Crippen molar-refractivity contribution in [2.45, 2.75) is 51.6 Å². The first-order valence-corrected chi connectivity index (χ1v) is 15.7. The molecule has 2 heteroatoms. The summed E-state index contributed by atoms with van der Waals surface area (Å²) < 4.78 is 4.26. The van der Waals surface area contributed by atoms with Gasteiger partial charge in [0.1, 0.15) is 0 Å². The van der Waals surface area contributed by atoms with Crippen LogP contribution in [0.1, 0.15) is 45.4 Å². The Bertz CT molecular complexity index is 778. The predicted octanol–water partition coefficient (Wildman–Crippen LogP) is 4.97. The topological polar surface area (TPSA) is 20.2 Å². The molecule has 0 aliphatic carbocycles. The van der Waals surface area contributed by atoms with Gasteiger partial charge in [0.05, 0.1) is 0 Å². The Morgan fingerprint density at radius 1 is 0.700 bits per heavy atom. The molecule has 0 radical (unpaired) electrons. The molecule has 0 amide bonds. The van der Waals surface area contributed by atoms with Gasteiger partial charge in [-0.2, -0.15) is 0 Å². The van der Waals surface area contributed by atoms with Gasteiger partial charge in [-0.25, -0.2) is 0 Å². The van der Waals surface area contributed by atoms with Crippen molar-refractivity contribution in [2.24, 2.45) is 0 Å². The van der Waals surface area contributed by atoms with Crippen molar-refractivity contribution >= 4 is 26.5 Å². The zero-order chi connectivity index (χ0) is 21.1. The number of benzene rings is 3. The third-order valence-electron chi connectivity index (χ3n) is 5.85. The van der Waals surface area contributed by atoms with E-state index in [-0.39, 0.29) is 6.10 Å². The van der Waals surface area contributed by atoms with Crippen molar-refractivity contribution in [1.82, 2.24) is 0 Å². The quantitative estimate of drug-likeness (QED) is 0.317. The van der Waals surface area contributed by atoms with Crippen LogP contribution in [-0.2, 0) is 0 Å². The first kappa shape index (κ1) is 22.6. The first-order chi connectivity index (χ1) is 14.8. The molecule has 1 N–H and O–H groups in total. The molecule has 0 heterocycles. The summed E-state index contributed by atoms with van der Waals surface area (Å²) in [5, 5.41) is 10.5. The molecule has 1 nitrogen and oxygen atoms in total. The van der Waals surface area contributed by atoms with Crippen molar-refractivity contribution in [3.63, 3.8) is 0 Å². The van der Waals surface area contributed by atoms with E-state index >= 15 is 0 Å². The van der Waals surface area contributed by atoms with Crippen LogP contribution in [0.25, 0.3) is 0 Å². The molecule has 0 aromatic heterocycles. The number of hydrogen-bond acceptors (Lipinski definition) is 1. The molecular weight excluding hydrogens is 425 g/mol. The van der Waals surface area contributed by atoms with E-state index in [0.29, 0.717) is 0 Å². The fraction of sp³-hybridized carbons (Fsp3) is 0.286. The minimum atomic E-state index is -3.01. The number of aliphatic hydroxyl groups excluding tert-OH is 1. The summed E-state index contributed by atoms with van der Waals surface area (Å²) in [5.41, 5.74) is 0. The minimum absolute atomic E-state index is 0.250. The van der Waals surface area contributed by atoms with Gasteiger partial charge in [0.25, 0.3) is 0 Å². The van der Waals surface area contributed by atoms with Crippen LogP contribution in [0, 0.1) is 0 Å². The monoisotopic (exact) mass is 460 g/mol. The van der Waals surface area contributed by atoms with Crippen molar-refractivity contribution in [3.8, 4) is 0 Å². The van der Waals surface area contributed by atoms with E-state index in [9.17, 15) is 5.11 Å². The molecule has 0 spiro atoms. The van der Waals surface area contributed by atoms with Crippen LogP contribution < -0.4 is 13.2 Å². The summed E-state index contributed by atoms with van der Waals surface area (Å²) in [6.45, 7) is 2.22. The third-order valence-corrected chi connectivity index (χ3v) is 15.2. The Kier molecular flexibility index (Phi) is 8.98. The standard InChI is InChI=1S/C28H34GeO/c1-2-3-4-14-22-28(30)23-15-24-29(25-16-8-5-9-17-25,26-18-10-6-11-19-26)27-20-12-7-13-21-27/h5-13,15-21,24,28,30H,2-4,14,22-23H2,1H3/b24-15+. The molecule has 0 aliphatic rings. The maximum absolute atomic E-state index is 10.5. The maximum atomic E-state index is 10.5. The molecule has 3 rings (SSSR count). The average molecular weight is 459 g/mol. The van der Waals surface area contributed by atoms with Crippen LogP contribution in [0.2, 0.25) is 0 Å². The third kappa shape index (κ3) is 5.74. The molecule has 0 fully saturated rings. The van der Waals surface area contributed by atoms with E-state index in [1.54, 1.807) is 0 Å². The SMILES string of the molecule is CCCCCCC(O)C/C=[CH]/[Ge]([c]1ccccc1)([c]1ccccc1)[c]1ccccc1. The second kappa shape index (κ2) is 11.9. The van der Waals surface area contributed by atoms with E-state index < -0.39 is 13.3 Å². The fourth-order valence-electron chi connectivity index (χ4n) is 4.22. The Morgan fingerprint density at radius 2 is 1.17 bits per heavy atom. The molecular formula is C28H34GeO. The predicted molar refractivity (Wildman–Crippen MR) is 133 cm³/mol. The van der Waals surface area contributed by atoms with Gasteiger partial charge in [0.2, 0.25) is 0 Å². The summed E-state index contributed by atoms with van der Waals surface area (Å²) in [5.74, 6) is 0. The molecule has 0 bridgehead atoms. The molecule has 3 aromatic carbocycles. The molecule has 1 atom stereocenters. The van der Waals surface area contributed by atoms with Gasteiger partial charge < -0.3 is 0 Å². The molecule has 0 saturated heterocycles. The summed E-state index contributed by atoms with van der Waals surface area (Å²) in [6.07, 6.45) is 8.47. The van der Waals surface area contributed by atoms with Gasteiger partial charge in [0.15, 0.2) is 0 Å². The molecule has 0 saturated carbocycles. The molecule has 3 aromatic rings. The summed E-state index contributed by atoms with van der Waals surface area (Å²) in [6, 6.07) is 32.9. The molecule has 156 valence electrons. The number of rotatable bonds is 11. The average Bonchev–Trinajstić information content (AvgIpc) is 2.81. The van der Waals surface area contributed by atoms with Crippen molar-refractivity contribution in [1.29, 1.82) is 0 Å². The number of hydrogen-bond donors (Lipinski definition) is 1. The van der Waals surface area contributed by atoms with E-state index in [2.05, 4.69) is 109 Å². The van der Waals surface area contributed by atoms with Gasteiger partial charge >= 0.3 is 185 Å². The van der Waals surface area contributed by atoms with Crippen LogP contribution in [0.5, 0.6) is 0 Å². The zero-order valence-corrected chi connectivity index (χ0v) is 20.2. The van der Waals surface area contributed by atoms with Crippen LogP contribution >= 0.6 is 0 Å². The van der Waals surface area contributed by atoms with Crippen molar-refractivity contribution < 1.29 is 5.11 Å². The Balaban J connectivity index is 1.95. The summed E-state index contributed by atoms with van der Waals surface area (Å²) >= 11 is -3.01. The van der Waals surface area contributed by atoms with Crippen molar-refractivity contribution in [3.05, 3.63) is 102 Å². The second-order valence-electron chi connectivity index (χ2n) is 8.05. The first-order valence-electron chi connectivity index (χ1n) is 11.3. The molecule has 0 aliphatic heterocycles. The normalized spacial score (nSPS) is 12.9. The van der Waals surface area contributed by atoms with E-state index in [0.717, 1.165) is 19.3 Å². The number of unbranched alkanes of at least 4 members (excludes halogenated alkanes) is 3. The van der Waals surface area contributed by atoms with Gasteiger partial charge in [0, 0.05) is 0 Å². The van der Waals surface area contributed by atoms with Crippen LogP contribution in [0.4, 0.5) is 0 Å². The van der Waals surface area contributed by atoms with E-state index in [4.69, 9.17) is 0 Å². The van der Waals surface area contributed by atoms with E-state index in [1.807, 2.05) is 0 Å². The Hall–Kier alpha value is -2.10. The van der Waals surface area contributed by atoms with Gasteiger partial charge in [-0.1, -0.05) is 0 Å². The van der Waals surface area contributed by atoms with Gasteiger partial charge in [-0.3, -0.25) is 0 Å². The Morgan fingerprint density at radius 3 is 1.60 bits per heavy atom.